The maximum Gasteiger partial charge on any atom is 0.327 e. The van der Waals surface area contributed by atoms with Gasteiger partial charge in [-0.05, 0) is 0 Å². The molecule has 0 atom stereocenters. The molecule has 0 fully saturated rings. The van der Waals surface area contributed by atoms with Gasteiger partial charge in [0, 0.05) is 18.0 Å². The number of nitrogens with zero attached hydrogens (tertiary/aromatic N) is 1. The van der Waals surface area contributed by atoms with E-state index in [0.29, 0.717) is 10.9 Å². The number of H-pyrrole nitrogens is 1. The first-order valence-corrected chi connectivity index (χ1v) is 5.04. The molecule has 1 aromatic heterocycles. The van der Waals surface area contributed by atoms with Crippen LogP contribution in [0.1, 0.15) is 6.42 Å². The van der Waals surface area contributed by atoms with E-state index in [-0.39, 0.29) is 12.0 Å². The van der Waals surface area contributed by atoms with Crippen LogP contribution < -0.4 is 17.0 Å². The highest BCUT2D eigenvalue weighted by atomic mass is 32.2. The van der Waals surface area contributed by atoms with Gasteiger partial charge in [0.05, 0.1) is 6.42 Å². The van der Waals surface area contributed by atoms with Crippen LogP contribution in [0.3, 0.4) is 0 Å². The van der Waals surface area contributed by atoms with Crippen LogP contribution in [-0.2, 0) is 9.63 Å². The number of hydrazine groups is 1. The van der Waals surface area contributed by atoms with Gasteiger partial charge >= 0.3 is 5.97 Å². The summed E-state index contributed by atoms with van der Waals surface area (Å²) in [5, 5.41) is 0.469. The molecule has 0 aliphatic carbocycles. The highest BCUT2D eigenvalue weighted by Crippen LogP contribution is 2.10. The van der Waals surface area contributed by atoms with Crippen molar-refractivity contribution in [3.05, 3.63) is 22.6 Å². The van der Waals surface area contributed by atoms with Crippen molar-refractivity contribution in [3.8, 4) is 0 Å². The third kappa shape index (κ3) is 4.58. The predicted octanol–water partition coefficient (Wildman–Crippen LogP) is -0.826. The summed E-state index contributed by atoms with van der Waals surface area (Å²) < 4.78 is 0. The van der Waals surface area contributed by atoms with E-state index in [4.69, 9.17) is 5.84 Å². The quantitative estimate of drug-likeness (QED) is 0.262. The van der Waals surface area contributed by atoms with Crippen molar-refractivity contribution in [3.63, 3.8) is 0 Å². The van der Waals surface area contributed by atoms with E-state index in [0.717, 1.165) is 0 Å². The average molecular weight is 230 g/mol. The third-order valence-electron chi connectivity index (χ3n) is 1.37. The maximum absolute atomic E-state index is 10.9. The molecule has 0 aromatic carbocycles. The van der Waals surface area contributed by atoms with Crippen LogP contribution in [0, 0.1) is 0 Å². The molecule has 0 saturated carbocycles. The standard InChI is InChI=1S/C7H10N4O3S/c8-11-14-6(13)2-4-15-7-9-3-1-5(12)10-7/h1,3,11H,2,4,8H2,(H,9,10,12). The van der Waals surface area contributed by atoms with Crippen LogP contribution in [0.5, 0.6) is 0 Å². The summed E-state index contributed by atoms with van der Waals surface area (Å²) in [7, 11) is 0. The molecule has 0 saturated heterocycles. The van der Waals surface area contributed by atoms with E-state index in [1.165, 1.54) is 24.0 Å². The Hall–Kier alpha value is -1.38. The number of carbonyl (C=O) groups excluding carboxylic acids is 1. The van der Waals surface area contributed by atoms with Gasteiger partial charge in [-0.2, -0.15) is 0 Å². The van der Waals surface area contributed by atoms with Crippen molar-refractivity contribution < 1.29 is 9.63 Å². The topological polar surface area (TPSA) is 110 Å². The number of aromatic nitrogens is 2. The van der Waals surface area contributed by atoms with Crippen LogP contribution in [0.15, 0.2) is 22.2 Å². The van der Waals surface area contributed by atoms with E-state index < -0.39 is 5.97 Å². The molecule has 8 heteroatoms. The Morgan fingerprint density at radius 1 is 1.73 bits per heavy atom. The van der Waals surface area contributed by atoms with Gasteiger partial charge < -0.3 is 9.82 Å². The molecular formula is C7H10N4O3S. The highest BCUT2D eigenvalue weighted by Gasteiger charge is 2.03. The van der Waals surface area contributed by atoms with Crippen molar-refractivity contribution >= 4 is 17.7 Å². The van der Waals surface area contributed by atoms with Crippen molar-refractivity contribution in [2.75, 3.05) is 5.75 Å². The molecule has 0 spiro atoms. The second-order valence-electron chi connectivity index (χ2n) is 2.43. The number of carbonyl (C=O) groups is 1. The molecule has 0 unspecified atom stereocenters. The number of hydrogen-bond acceptors (Lipinski definition) is 7. The summed E-state index contributed by atoms with van der Waals surface area (Å²) in [6, 6.07) is 1.32. The molecule has 7 nitrogen and oxygen atoms in total. The minimum Gasteiger partial charge on any atom is -0.356 e. The zero-order valence-corrected chi connectivity index (χ0v) is 8.54. The van der Waals surface area contributed by atoms with Crippen LogP contribution in [0.4, 0.5) is 0 Å². The van der Waals surface area contributed by atoms with Gasteiger partial charge in [-0.15, -0.1) is 0 Å². The fourth-order valence-corrected chi connectivity index (χ4v) is 1.54. The molecule has 0 radical (unpaired) electrons. The van der Waals surface area contributed by atoms with Gasteiger partial charge in [-0.25, -0.2) is 10.8 Å². The van der Waals surface area contributed by atoms with E-state index in [1.54, 1.807) is 5.59 Å². The van der Waals surface area contributed by atoms with Crippen molar-refractivity contribution in [1.82, 2.24) is 15.6 Å². The lowest BCUT2D eigenvalue weighted by atomic mass is 10.5. The molecule has 1 aromatic rings. The molecule has 0 bridgehead atoms. The summed E-state index contributed by atoms with van der Waals surface area (Å²) in [5.74, 6) is 4.76. The smallest absolute Gasteiger partial charge is 0.327 e. The monoisotopic (exact) mass is 230 g/mol. The van der Waals surface area contributed by atoms with Gasteiger partial charge in [0.25, 0.3) is 5.56 Å². The first-order chi connectivity index (χ1) is 7.22. The number of rotatable bonds is 5. The summed E-state index contributed by atoms with van der Waals surface area (Å²) >= 11 is 1.25. The van der Waals surface area contributed by atoms with E-state index in [1.807, 2.05) is 0 Å². The average Bonchev–Trinajstić information content (AvgIpc) is 2.18. The van der Waals surface area contributed by atoms with E-state index in [2.05, 4.69) is 14.8 Å². The second-order valence-corrected chi connectivity index (χ2v) is 3.51. The van der Waals surface area contributed by atoms with Crippen molar-refractivity contribution in [2.24, 2.45) is 5.84 Å². The summed E-state index contributed by atoms with van der Waals surface area (Å²) in [6.45, 7) is 0. The SMILES string of the molecule is NNOC(=O)CCSc1nccc(=O)[nH]1. The summed E-state index contributed by atoms with van der Waals surface area (Å²) in [6.07, 6.45) is 1.58. The van der Waals surface area contributed by atoms with Crippen LogP contribution >= 0.6 is 11.8 Å². The van der Waals surface area contributed by atoms with Crippen LogP contribution in [-0.4, -0.2) is 21.7 Å². The molecule has 0 aliphatic heterocycles. The van der Waals surface area contributed by atoms with Gasteiger partial charge in [0.15, 0.2) is 5.16 Å². The molecule has 0 aliphatic rings. The largest absolute Gasteiger partial charge is 0.356 e. The Kier molecular flexibility index (Phi) is 4.81. The zero-order valence-electron chi connectivity index (χ0n) is 7.73. The summed E-state index contributed by atoms with van der Waals surface area (Å²) in [5.41, 5.74) is 1.57. The zero-order chi connectivity index (χ0) is 11.1. The Labute approximate surface area is 89.3 Å². The fourth-order valence-electron chi connectivity index (χ4n) is 0.773. The molecule has 1 rings (SSSR count). The molecule has 4 N–H and O–H groups in total. The van der Waals surface area contributed by atoms with Crippen LogP contribution in [0.2, 0.25) is 0 Å². The summed E-state index contributed by atoms with van der Waals surface area (Å²) in [4.78, 5) is 32.4. The number of hydrogen-bond donors (Lipinski definition) is 3. The number of nitrogens with two attached hydrogens (primary N) is 1. The predicted molar refractivity (Wildman–Crippen MR) is 53.6 cm³/mol. The number of thioether (sulfide) groups is 1. The van der Waals surface area contributed by atoms with Gasteiger partial charge in [0.1, 0.15) is 0 Å². The Morgan fingerprint density at radius 3 is 3.20 bits per heavy atom. The number of nitrogens with one attached hydrogen (secondary N) is 2. The lowest BCUT2D eigenvalue weighted by Crippen LogP contribution is -2.26. The first kappa shape index (κ1) is 11.7. The minimum absolute atomic E-state index is 0.174. The Morgan fingerprint density at radius 2 is 2.53 bits per heavy atom. The van der Waals surface area contributed by atoms with Crippen molar-refractivity contribution in [2.45, 2.75) is 11.6 Å². The van der Waals surface area contributed by atoms with Gasteiger partial charge in [-0.3, -0.25) is 9.59 Å². The van der Waals surface area contributed by atoms with Gasteiger partial charge in [0.2, 0.25) is 0 Å². The maximum atomic E-state index is 10.9. The fraction of sp³-hybridized carbons (Fsp3) is 0.286. The molecule has 0 amide bonds. The highest BCUT2D eigenvalue weighted by molar-refractivity contribution is 7.99. The lowest BCUT2D eigenvalue weighted by Gasteiger charge is -2.00. The normalized spacial score (nSPS) is 9.93. The Balaban J connectivity index is 2.32. The first-order valence-electron chi connectivity index (χ1n) is 4.06. The van der Waals surface area contributed by atoms with E-state index >= 15 is 0 Å². The van der Waals surface area contributed by atoms with Crippen molar-refractivity contribution in [1.29, 1.82) is 0 Å². The molecule has 1 heterocycles. The molecule has 15 heavy (non-hydrogen) atoms. The lowest BCUT2D eigenvalue weighted by molar-refractivity contribution is -0.150. The number of aromatic amines is 1. The minimum atomic E-state index is -0.469. The second kappa shape index (κ2) is 6.17. The van der Waals surface area contributed by atoms with Gasteiger partial charge in [-0.1, -0.05) is 17.4 Å². The third-order valence-corrected chi connectivity index (χ3v) is 2.25. The molecular weight excluding hydrogens is 220 g/mol. The molecule has 82 valence electrons. The Bertz CT molecular complexity index is 380. The van der Waals surface area contributed by atoms with E-state index in [9.17, 15) is 9.59 Å². The van der Waals surface area contributed by atoms with Crippen LogP contribution in [0.25, 0.3) is 0 Å².